The van der Waals surface area contributed by atoms with Crippen LogP contribution in [0.15, 0.2) is 51.8 Å². The number of rotatable bonds is 3. The number of amides is 1. The average Bonchev–Trinajstić information content (AvgIpc) is 2.42. The van der Waals surface area contributed by atoms with Gasteiger partial charge in [0.05, 0.1) is 4.90 Å². The summed E-state index contributed by atoms with van der Waals surface area (Å²) >= 11 is 3.28. The maximum atomic E-state index is 12.1. The van der Waals surface area contributed by atoms with Crippen LogP contribution in [0.25, 0.3) is 0 Å². The zero-order chi connectivity index (χ0) is 15.6. The second-order valence-electron chi connectivity index (χ2n) is 4.49. The predicted molar refractivity (Wildman–Crippen MR) is 86.1 cm³/mol. The molecule has 0 fully saturated rings. The molecule has 0 aliphatic carbocycles. The van der Waals surface area contributed by atoms with Gasteiger partial charge in [0.2, 0.25) is 0 Å². The number of nitrogen functional groups attached to an aromatic ring is 1. The predicted octanol–water partition coefficient (Wildman–Crippen LogP) is 2.69. The van der Waals surface area contributed by atoms with Crippen molar-refractivity contribution in [1.82, 2.24) is 0 Å². The molecular formula is C14H13BrN2O3S. The lowest BCUT2D eigenvalue weighted by Gasteiger charge is -2.07. The number of halogens is 1. The van der Waals surface area contributed by atoms with Crippen molar-refractivity contribution in [1.29, 1.82) is 0 Å². The molecule has 2 rings (SSSR count). The highest BCUT2D eigenvalue weighted by Crippen LogP contribution is 2.23. The van der Waals surface area contributed by atoms with E-state index in [9.17, 15) is 13.2 Å². The summed E-state index contributed by atoms with van der Waals surface area (Å²) in [5.41, 5.74) is 7.21. The van der Waals surface area contributed by atoms with Gasteiger partial charge < -0.3 is 11.1 Å². The molecule has 0 saturated heterocycles. The minimum absolute atomic E-state index is 0.175. The normalized spacial score (nSPS) is 11.1. The molecule has 1 amide bonds. The molecule has 2 aromatic rings. The highest BCUT2D eigenvalue weighted by atomic mass is 79.9. The van der Waals surface area contributed by atoms with Crippen molar-refractivity contribution in [3.8, 4) is 0 Å². The topological polar surface area (TPSA) is 89.3 Å². The molecule has 110 valence electrons. The van der Waals surface area contributed by atoms with Gasteiger partial charge in [-0.15, -0.1) is 0 Å². The van der Waals surface area contributed by atoms with Crippen molar-refractivity contribution in [2.45, 2.75) is 4.90 Å². The van der Waals surface area contributed by atoms with Gasteiger partial charge in [-0.1, -0.05) is 0 Å². The first-order chi connectivity index (χ1) is 9.77. The van der Waals surface area contributed by atoms with Crippen molar-refractivity contribution < 1.29 is 13.2 Å². The Morgan fingerprint density at radius 1 is 1.14 bits per heavy atom. The number of benzene rings is 2. The van der Waals surface area contributed by atoms with Gasteiger partial charge in [0.25, 0.3) is 5.91 Å². The molecule has 0 saturated carbocycles. The Labute approximate surface area is 131 Å². The number of nitrogens with one attached hydrogen (secondary N) is 1. The Balaban J connectivity index is 2.18. The molecule has 0 aliphatic heterocycles. The Bertz CT molecular complexity index is 786. The van der Waals surface area contributed by atoms with E-state index < -0.39 is 9.84 Å². The van der Waals surface area contributed by atoms with E-state index in [4.69, 9.17) is 5.73 Å². The smallest absolute Gasteiger partial charge is 0.255 e. The second-order valence-corrected chi connectivity index (χ2v) is 7.36. The largest absolute Gasteiger partial charge is 0.398 e. The highest BCUT2D eigenvalue weighted by molar-refractivity contribution is 9.10. The molecule has 0 spiro atoms. The molecule has 0 bridgehead atoms. The van der Waals surface area contributed by atoms with Gasteiger partial charge >= 0.3 is 0 Å². The van der Waals surface area contributed by atoms with E-state index in [0.717, 1.165) is 6.26 Å². The van der Waals surface area contributed by atoms with E-state index in [-0.39, 0.29) is 10.8 Å². The lowest BCUT2D eigenvalue weighted by Crippen LogP contribution is -2.12. The molecule has 0 heterocycles. The maximum absolute atomic E-state index is 12.1. The number of sulfone groups is 1. The van der Waals surface area contributed by atoms with Gasteiger partial charge in [-0.3, -0.25) is 4.79 Å². The SMILES string of the molecule is CS(=O)(=O)c1ccc(C(=O)Nc2ccc(N)c(Br)c2)cc1. The van der Waals surface area contributed by atoms with Gasteiger partial charge in [0, 0.05) is 27.7 Å². The van der Waals surface area contributed by atoms with Crippen molar-refractivity contribution >= 4 is 43.0 Å². The van der Waals surface area contributed by atoms with Crippen molar-refractivity contribution in [3.63, 3.8) is 0 Å². The Kier molecular flexibility index (Phi) is 4.34. The fourth-order valence-corrected chi connectivity index (χ4v) is 2.67. The van der Waals surface area contributed by atoms with Crippen LogP contribution in [-0.2, 0) is 9.84 Å². The Morgan fingerprint density at radius 2 is 1.76 bits per heavy atom. The van der Waals surface area contributed by atoms with E-state index in [1.165, 1.54) is 24.3 Å². The lowest BCUT2D eigenvalue weighted by atomic mass is 10.2. The van der Waals surface area contributed by atoms with Crippen LogP contribution in [0.2, 0.25) is 0 Å². The summed E-state index contributed by atoms with van der Waals surface area (Å²) in [6.45, 7) is 0. The Morgan fingerprint density at radius 3 is 2.29 bits per heavy atom. The van der Waals surface area contributed by atoms with Gasteiger partial charge in [0.15, 0.2) is 9.84 Å². The monoisotopic (exact) mass is 368 g/mol. The van der Waals surface area contributed by atoms with Gasteiger partial charge in [-0.05, 0) is 58.4 Å². The van der Waals surface area contributed by atoms with Crippen LogP contribution < -0.4 is 11.1 Å². The molecule has 21 heavy (non-hydrogen) atoms. The van der Waals surface area contributed by atoms with E-state index in [0.29, 0.717) is 21.4 Å². The van der Waals surface area contributed by atoms with E-state index in [1.807, 2.05) is 0 Å². The van der Waals surface area contributed by atoms with Crippen LogP contribution in [0.4, 0.5) is 11.4 Å². The third-order valence-electron chi connectivity index (χ3n) is 2.80. The molecule has 0 radical (unpaired) electrons. The van der Waals surface area contributed by atoms with Crippen LogP contribution in [0.5, 0.6) is 0 Å². The Hall–Kier alpha value is -1.86. The number of hydrogen-bond donors (Lipinski definition) is 2. The van der Waals surface area contributed by atoms with Crippen LogP contribution >= 0.6 is 15.9 Å². The summed E-state index contributed by atoms with van der Waals surface area (Å²) in [6, 6.07) is 10.8. The highest BCUT2D eigenvalue weighted by Gasteiger charge is 2.10. The molecule has 0 aromatic heterocycles. The van der Waals surface area contributed by atoms with Crippen LogP contribution in [0.3, 0.4) is 0 Å². The van der Waals surface area contributed by atoms with Gasteiger partial charge in [0.1, 0.15) is 0 Å². The first kappa shape index (κ1) is 15.5. The van der Waals surface area contributed by atoms with E-state index in [1.54, 1.807) is 18.2 Å². The molecule has 0 atom stereocenters. The molecular weight excluding hydrogens is 356 g/mol. The van der Waals surface area contributed by atoms with Gasteiger partial charge in [-0.2, -0.15) is 0 Å². The number of nitrogens with two attached hydrogens (primary N) is 1. The summed E-state index contributed by atoms with van der Waals surface area (Å²) in [6.07, 6.45) is 1.12. The summed E-state index contributed by atoms with van der Waals surface area (Å²) in [7, 11) is -3.27. The molecule has 5 nitrogen and oxygen atoms in total. The van der Waals surface area contributed by atoms with Crippen LogP contribution in [0.1, 0.15) is 10.4 Å². The third kappa shape index (κ3) is 3.83. The zero-order valence-corrected chi connectivity index (χ0v) is 13.5. The van der Waals surface area contributed by atoms with Crippen LogP contribution in [-0.4, -0.2) is 20.6 Å². The molecule has 2 aromatic carbocycles. The average molecular weight is 369 g/mol. The van der Waals surface area contributed by atoms with E-state index >= 15 is 0 Å². The lowest BCUT2D eigenvalue weighted by molar-refractivity contribution is 0.102. The molecule has 0 unspecified atom stereocenters. The number of anilines is 2. The summed E-state index contributed by atoms with van der Waals surface area (Å²) < 4.78 is 23.4. The van der Waals surface area contributed by atoms with Crippen molar-refractivity contribution in [2.75, 3.05) is 17.3 Å². The standard InChI is InChI=1S/C14H13BrN2O3S/c1-21(19,20)11-5-2-9(3-6-11)14(18)17-10-4-7-13(16)12(15)8-10/h2-8H,16H2,1H3,(H,17,18). The van der Waals surface area contributed by atoms with Crippen LogP contribution in [0, 0.1) is 0 Å². The number of carbonyl (C=O) groups excluding carboxylic acids is 1. The first-order valence-corrected chi connectivity index (χ1v) is 8.62. The zero-order valence-electron chi connectivity index (χ0n) is 11.1. The quantitative estimate of drug-likeness (QED) is 0.815. The third-order valence-corrected chi connectivity index (χ3v) is 4.62. The molecule has 7 heteroatoms. The van der Waals surface area contributed by atoms with E-state index in [2.05, 4.69) is 21.2 Å². The maximum Gasteiger partial charge on any atom is 0.255 e. The summed E-state index contributed by atoms with van der Waals surface area (Å²) in [5, 5.41) is 2.71. The summed E-state index contributed by atoms with van der Waals surface area (Å²) in [4.78, 5) is 12.2. The second kappa shape index (κ2) is 5.87. The van der Waals surface area contributed by atoms with Crippen molar-refractivity contribution in [3.05, 3.63) is 52.5 Å². The number of hydrogen-bond acceptors (Lipinski definition) is 4. The van der Waals surface area contributed by atoms with Crippen molar-refractivity contribution in [2.24, 2.45) is 0 Å². The minimum Gasteiger partial charge on any atom is -0.398 e. The summed E-state index contributed by atoms with van der Waals surface area (Å²) in [5.74, 6) is -0.327. The fraction of sp³-hybridized carbons (Fsp3) is 0.0714. The molecule has 3 N–H and O–H groups in total. The van der Waals surface area contributed by atoms with Gasteiger partial charge in [-0.25, -0.2) is 8.42 Å². The minimum atomic E-state index is -3.27. The first-order valence-electron chi connectivity index (χ1n) is 5.94. The molecule has 0 aliphatic rings. The number of carbonyl (C=O) groups is 1. The fourth-order valence-electron chi connectivity index (χ4n) is 1.66.